The molecular weight excluding hydrogens is 251 g/mol. The van der Waals surface area contributed by atoms with Crippen molar-refractivity contribution >= 4 is 0 Å². The molecule has 0 aromatic heterocycles. The van der Waals surface area contributed by atoms with Gasteiger partial charge < -0.3 is 0 Å². The number of rotatable bonds is 3. The lowest BCUT2D eigenvalue weighted by Crippen LogP contribution is -2.30. The van der Waals surface area contributed by atoms with Crippen LogP contribution in [-0.4, -0.2) is 0 Å². The SMILES string of the molecule is Cc1cc(C)c(C(NN)c2cc(C)ccc2C)c(F)c1. The van der Waals surface area contributed by atoms with Crippen LogP contribution in [0.2, 0.25) is 0 Å². The summed E-state index contributed by atoms with van der Waals surface area (Å²) >= 11 is 0. The molecule has 3 N–H and O–H groups in total. The third kappa shape index (κ3) is 2.74. The number of hydrazine groups is 1. The minimum Gasteiger partial charge on any atom is -0.271 e. The molecule has 0 aliphatic heterocycles. The van der Waals surface area contributed by atoms with Crippen LogP contribution in [0.4, 0.5) is 4.39 Å². The first-order valence-corrected chi connectivity index (χ1v) is 6.74. The quantitative estimate of drug-likeness (QED) is 0.661. The number of nitrogens with one attached hydrogen (secondary N) is 1. The Labute approximate surface area is 119 Å². The lowest BCUT2D eigenvalue weighted by molar-refractivity contribution is 0.555. The molecule has 1 atom stereocenters. The summed E-state index contributed by atoms with van der Waals surface area (Å²) < 4.78 is 14.4. The number of nitrogens with two attached hydrogens (primary N) is 1. The van der Waals surface area contributed by atoms with Gasteiger partial charge in [0.05, 0.1) is 6.04 Å². The van der Waals surface area contributed by atoms with Crippen molar-refractivity contribution in [3.05, 3.63) is 69.5 Å². The molecule has 2 rings (SSSR count). The van der Waals surface area contributed by atoms with E-state index in [4.69, 9.17) is 5.84 Å². The molecule has 0 fully saturated rings. The van der Waals surface area contributed by atoms with Gasteiger partial charge in [-0.05, 0) is 56.0 Å². The molecule has 0 spiro atoms. The van der Waals surface area contributed by atoms with Crippen molar-refractivity contribution < 1.29 is 4.39 Å². The van der Waals surface area contributed by atoms with Crippen LogP contribution in [0.1, 0.15) is 39.4 Å². The Hall–Kier alpha value is -1.71. The Kier molecular flexibility index (Phi) is 4.21. The fraction of sp³-hybridized carbons (Fsp3) is 0.294. The lowest BCUT2D eigenvalue weighted by atomic mass is 9.90. The molecule has 0 amide bonds. The maximum Gasteiger partial charge on any atom is 0.128 e. The molecule has 2 aromatic rings. The van der Waals surface area contributed by atoms with Crippen molar-refractivity contribution in [3.63, 3.8) is 0 Å². The molecule has 3 heteroatoms. The minimum absolute atomic E-state index is 0.216. The van der Waals surface area contributed by atoms with Crippen LogP contribution in [0.15, 0.2) is 30.3 Å². The summed E-state index contributed by atoms with van der Waals surface area (Å²) in [5, 5.41) is 0. The Morgan fingerprint density at radius 3 is 2.25 bits per heavy atom. The minimum atomic E-state index is -0.338. The molecule has 2 aromatic carbocycles. The molecule has 0 aliphatic carbocycles. The first-order chi connectivity index (χ1) is 9.43. The Morgan fingerprint density at radius 1 is 0.950 bits per heavy atom. The largest absolute Gasteiger partial charge is 0.271 e. The molecule has 1 unspecified atom stereocenters. The maximum absolute atomic E-state index is 14.4. The summed E-state index contributed by atoms with van der Waals surface area (Å²) in [6.07, 6.45) is 0. The van der Waals surface area contributed by atoms with E-state index in [0.29, 0.717) is 5.56 Å². The van der Waals surface area contributed by atoms with Crippen molar-refractivity contribution in [1.82, 2.24) is 5.43 Å². The fourth-order valence-corrected chi connectivity index (χ4v) is 2.69. The molecule has 0 saturated heterocycles. The molecule has 0 heterocycles. The summed E-state index contributed by atoms with van der Waals surface area (Å²) in [6.45, 7) is 7.85. The van der Waals surface area contributed by atoms with Crippen LogP contribution in [-0.2, 0) is 0 Å². The van der Waals surface area contributed by atoms with Crippen LogP contribution < -0.4 is 11.3 Å². The molecule has 20 heavy (non-hydrogen) atoms. The van der Waals surface area contributed by atoms with Crippen LogP contribution in [0.3, 0.4) is 0 Å². The molecular formula is C17H21FN2. The van der Waals surface area contributed by atoms with Gasteiger partial charge in [0.25, 0.3) is 0 Å². The summed E-state index contributed by atoms with van der Waals surface area (Å²) in [4.78, 5) is 0. The van der Waals surface area contributed by atoms with Gasteiger partial charge in [0.1, 0.15) is 5.82 Å². The Bertz CT molecular complexity index is 612. The van der Waals surface area contributed by atoms with Gasteiger partial charge in [0.15, 0.2) is 0 Å². The first kappa shape index (κ1) is 14.7. The Morgan fingerprint density at radius 2 is 1.65 bits per heavy atom. The van der Waals surface area contributed by atoms with Gasteiger partial charge in [-0.2, -0.15) is 0 Å². The lowest BCUT2D eigenvalue weighted by Gasteiger charge is -2.22. The van der Waals surface area contributed by atoms with E-state index in [-0.39, 0.29) is 11.9 Å². The van der Waals surface area contributed by atoms with E-state index in [2.05, 4.69) is 11.5 Å². The van der Waals surface area contributed by atoms with Crippen molar-refractivity contribution in [2.75, 3.05) is 0 Å². The molecule has 0 radical (unpaired) electrons. The second-order valence-electron chi connectivity index (χ2n) is 5.44. The van der Waals surface area contributed by atoms with Crippen LogP contribution in [0.25, 0.3) is 0 Å². The highest BCUT2D eigenvalue weighted by atomic mass is 19.1. The monoisotopic (exact) mass is 272 g/mol. The van der Waals surface area contributed by atoms with Gasteiger partial charge in [-0.1, -0.05) is 29.8 Å². The molecule has 0 saturated carbocycles. The van der Waals surface area contributed by atoms with E-state index in [1.54, 1.807) is 6.07 Å². The molecule has 0 aliphatic rings. The van der Waals surface area contributed by atoms with Crippen molar-refractivity contribution in [1.29, 1.82) is 0 Å². The summed E-state index contributed by atoms with van der Waals surface area (Å²) in [7, 11) is 0. The zero-order chi connectivity index (χ0) is 14.9. The van der Waals surface area contributed by atoms with E-state index in [0.717, 1.165) is 27.8 Å². The average molecular weight is 272 g/mol. The zero-order valence-electron chi connectivity index (χ0n) is 12.4. The Balaban J connectivity index is 2.61. The topological polar surface area (TPSA) is 38.0 Å². The first-order valence-electron chi connectivity index (χ1n) is 6.74. The fourth-order valence-electron chi connectivity index (χ4n) is 2.69. The van der Waals surface area contributed by atoms with Gasteiger partial charge >= 0.3 is 0 Å². The highest BCUT2D eigenvalue weighted by Crippen LogP contribution is 2.30. The standard InChI is InChI=1S/C17H21FN2/c1-10-5-6-12(3)14(8-10)17(20-19)16-13(4)7-11(2)9-15(16)18/h5-9,17,20H,19H2,1-4H3. The van der Waals surface area contributed by atoms with Gasteiger partial charge in [-0.3, -0.25) is 5.84 Å². The number of benzene rings is 2. The third-order valence-corrected chi connectivity index (χ3v) is 3.68. The smallest absolute Gasteiger partial charge is 0.128 e. The number of halogens is 1. The van der Waals surface area contributed by atoms with Gasteiger partial charge in [-0.25, -0.2) is 9.82 Å². The predicted molar refractivity (Wildman–Crippen MR) is 81.0 cm³/mol. The van der Waals surface area contributed by atoms with Gasteiger partial charge in [0, 0.05) is 5.56 Å². The number of hydrogen-bond acceptors (Lipinski definition) is 2. The third-order valence-electron chi connectivity index (χ3n) is 3.68. The second-order valence-corrected chi connectivity index (χ2v) is 5.44. The van der Waals surface area contributed by atoms with Crippen molar-refractivity contribution in [2.45, 2.75) is 33.7 Å². The van der Waals surface area contributed by atoms with Crippen LogP contribution in [0, 0.1) is 33.5 Å². The summed E-state index contributed by atoms with van der Waals surface area (Å²) in [5.74, 6) is 5.50. The van der Waals surface area contributed by atoms with E-state index in [1.165, 1.54) is 0 Å². The number of hydrogen-bond donors (Lipinski definition) is 2. The zero-order valence-corrected chi connectivity index (χ0v) is 12.4. The van der Waals surface area contributed by atoms with Crippen LogP contribution >= 0.6 is 0 Å². The van der Waals surface area contributed by atoms with Gasteiger partial charge in [0.2, 0.25) is 0 Å². The van der Waals surface area contributed by atoms with Crippen LogP contribution in [0.5, 0.6) is 0 Å². The highest BCUT2D eigenvalue weighted by molar-refractivity contribution is 5.43. The summed E-state index contributed by atoms with van der Waals surface area (Å²) in [5.41, 5.74) is 8.45. The maximum atomic E-state index is 14.4. The molecule has 0 bridgehead atoms. The second kappa shape index (κ2) is 5.73. The highest BCUT2D eigenvalue weighted by Gasteiger charge is 2.21. The molecule has 2 nitrogen and oxygen atoms in total. The van der Waals surface area contributed by atoms with Crippen molar-refractivity contribution in [3.8, 4) is 0 Å². The number of aryl methyl sites for hydroxylation is 4. The van der Waals surface area contributed by atoms with E-state index >= 15 is 0 Å². The van der Waals surface area contributed by atoms with E-state index in [9.17, 15) is 4.39 Å². The molecule has 106 valence electrons. The predicted octanol–water partition coefficient (Wildman–Crippen LogP) is 3.61. The van der Waals surface area contributed by atoms with E-state index in [1.807, 2.05) is 45.9 Å². The average Bonchev–Trinajstić information content (AvgIpc) is 2.37. The normalized spacial score (nSPS) is 12.5. The van der Waals surface area contributed by atoms with E-state index < -0.39 is 0 Å². The summed E-state index contributed by atoms with van der Waals surface area (Å²) in [6, 6.07) is 9.33. The van der Waals surface area contributed by atoms with Gasteiger partial charge in [-0.15, -0.1) is 0 Å². The van der Waals surface area contributed by atoms with Crippen molar-refractivity contribution in [2.24, 2.45) is 5.84 Å².